The predicted molar refractivity (Wildman–Crippen MR) is 103 cm³/mol. The number of hydrogen-bond donors (Lipinski definition) is 2. The van der Waals surface area contributed by atoms with Crippen molar-refractivity contribution in [1.29, 1.82) is 0 Å². The van der Waals surface area contributed by atoms with Crippen LogP contribution >= 0.6 is 0 Å². The number of pyridine rings is 1. The first-order chi connectivity index (χ1) is 12.1. The number of likely N-dealkylation sites (tertiary alicyclic amines) is 1. The lowest BCUT2D eigenvalue weighted by atomic mass is 10.2. The lowest BCUT2D eigenvalue weighted by molar-refractivity contribution is 0.232. The van der Waals surface area contributed by atoms with Crippen LogP contribution in [0.3, 0.4) is 0 Å². The molecule has 1 fully saturated rings. The molecule has 1 aliphatic heterocycles. The van der Waals surface area contributed by atoms with Crippen LogP contribution in [0.15, 0.2) is 23.3 Å². The van der Waals surface area contributed by atoms with Crippen molar-refractivity contribution in [2.75, 3.05) is 26.2 Å². The third kappa shape index (κ3) is 6.53. The molecule has 1 unspecified atom stereocenters. The number of ether oxygens (including phenoxy) is 1. The first kappa shape index (κ1) is 19.5. The Hall–Kier alpha value is -1.82. The maximum absolute atomic E-state index is 5.57. The molecule has 1 aromatic heterocycles. The van der Waals surface area contributed by atoms with Crippen molar-refractivity contribution in [2.45, 2.75) is 59.2 Å². The van der Waals surface area contributed by atoms with Crippen molar-refractivity contribution in [2.24, 2.45) is 4.99 Å². The lowest BCUT2D eigenvalue weighted by Crippen LogP contribution is -2.44. The van der Waals surface area contributed by atoms with Crippen LogP contribution in [0.1, 0.15) is 46.1 Å². The quantitative estimate of drug-likeness (QED) is 0.559. The molecule has 0 spiro atoms. The van der Waals surface area contributed by atoms with E-state index in [4.69, 9.17) is 4.74 Å². The average molecular weight is 348 g/mol. The molecule has 2 heterocycles. The molecular formula is C19H33N5O. The normalized spacial score (nSPS) is 18.6. The van der Waals surface area contributed by atoms with E-state index in [9.17, 15) is 0 Å². The Kier molecular flexibility index (Phi) is 7.98. The first-order valence-corrected chi connectivity index (χ1v) is 9.50. The van der Waals surface area contributed by atoms with Gasteiger partial charge in [-0.05, 0) is 52.3 Å². The molecule has 6 heteroatoms. The highest BCUT2D eigenvalue weighted by Crippen LogP contribution is 2.15. The molecule has 0 aromatic carbocycles. The molecule has 1 aliphatic rings. The SMILES string of the molecule is CCNC(=NCc1ccc(OC(C)C)nc1)NCC1CCCN1CC. The highest BCUT2D eigenvalue weighted by Gasteiger charge is 2.22. The van der Waals surface area contributed by atoms with Gasteiger partial charge in [0.2, 0.25) is 5.88 Å². The van der Waals surface area contributed by atoms with E-state index in [1.807, 2.05) is 32.2 Å². The monoisotopic (exact) mass is 347 g/mol. The molecule has 0 amide bonds. The van der Waals surface area contributed by atoms with Gasteiger partial charge in [0.05, 0.1) is 12.6 Å². The zero-order chi connectivity index (χ0) is 18.1. The molecule has 1 saturated heterocycles. The minimum atomic E-state index is 0.138. The number of aliphatic imine (C=N–C) groups is 1. The third-order valence-electron chi connectivity index (χ3n) is 4.33. The van der Waals surface area contributed by atoms with E-state index in [0.29, 0.717) is 18.5 Å². The van der Waals surface area contributed by atoms with Crippen LogP contribution < -0.4 is 15.4 Å². The predicted octanol–water partition coefficient (Wildman–Crippen LogP) is 2.41. The topological polar surface area (TPSA) is 61.8 Å². The van der Waals surface area contributed by atoms with Crippen molar-refractivity contribution in [1.82, 2.24) is 20.5 Å². The molecule has 2 rings (SSSR count). The standard InChI is InChI=1S/C19H33N5O/c1-5-20-19(23-14-17-8-7-11-24(17)6-2)22-13-16-9-10-18(21-12-16)25-15(3)4/h9-10,12,15,17H,5-8,11,13-14H2,1-4H3,(H2,20,22,23). The molecule has 0 bridgehead atoms. The molecule has 1 atom stereocenters. The van der Waals surface area contributed by atoms with E-state index in [-0.39, 0.29) is 6.10 Å². The maximum Gasteiger partial charge on any atom is 0.213 e. The van der Waals surface area contributed by atoms with Gasteiger partial charge in [0.1, 0.15) is 0 Å². The first-order valence-electron chi connectivity index (χ1n) is 9.50. The fourth-order valence-electron chi connectivity index (χ4n) is 3.08. The molecule has 1 aromatic rings. The van der Waals surface area contributed by atoms with Gasteiger partial charge in [0.25, 0.3) is 0 Å². The lowest BCUT2D eigenvalue weighted by Gasteiger charge is -2.24. The van der Waals surface area contributed by atoms with Crippen LogP contribution in [0.5, 0.6) is 5.88 Å². The van der Waals surface area contributed by atoms with E-state index < -0.39 is 0 Å². The summed E-state index contributed by atoms with van der Waals surface area (Å²) in [5, 5.41) is 6.81. The fraction of sp³-hybridized carbons (Fsp3) is 0.684. The van der Waals surface area contributed by atoms with E-state index >= 15 is 0 Å². The van der Waals surface area contributed by atoms with E-state index in [1.54, 1.807) is 0 Å². The molecule has 140 valence electrons. The van der Waals surface area contributed by atoms with Gasteiger partial charge in [0.15, 0.2) is 5.96 Å². The maximum atomic E-state index is 5.57. The molecular weight excluding hydrogens is 314 g/mol. The summed E-state index contributed by atoms with van der Waals surface area (Å²) in [5.74, 6) is 1.53. The van der Waals surface area contributed by atoms with Gasteiger partial charge in [-0.3, -0.25) is 4.90 Å². The van der Waals surface area contributed by atoms with Crippen LogP contribution in [0.25, 0.3) is 0 Å². The molecule has 0 aliphatic carbocycles. The molecule has 0 radical (unpaired) electrons. The summed E-state index contributed by atoms with van der Waals surface area (Å²) in [7, 11) is 0. The van der Waals surface area contributed by atoms with Gasteiger partial charge in [-0.1, -0.05) is 13.0 Å². The zero-order valence-corrected chi connectivity index (χ0v) is 16.1. The molecule has 2 N–H and O–H groups in total. The van der Waals surface area contributed by atoms with Crippen LogP contribution in [0.2, 0.25) is 0 Å². The molecule has 6 nitrogen and oxygen atoms in total. The number of aromatic nitrogens is 1. The summed E-state index contributed by atoms with van der Waals surface area (Å²) < 4.78 is 5.57. The van der Waals surface area contributed by atoms with Gasteiger partial charge >= 0.3 is 0 Å². The van der Waals surface area contributed by atoms with Crippen LogP contribution in [0.4, 0.5) is 0 Å². The minimum Gasteiger partial charge on any atom is -0.475 e. The summed E-state index contributed by atoms with van der Waals surface area (Å²) in [6.45, 7) is 13.1. The smallest absolute Gasteiger partial charge is 0.213 e. The van der Waals surface area contributed by atoms with Crippen molar-refractivity contribution in [3.05, 3.63) is 23.9 Å². The second-order valence-electron chi connectivity index (χ2n) is 6.67. The zero-order valence-electron chi connectivity index (χ0n) is 16.1. The highest BCUT2D eigenvalue weighted by atomic mass is 16.5. The number of nitrogens with one attached hydrogen (secondary N) is 2. The van der Waals surface area contributed by atoms with Crippen molar-refractivity contribution in [3.63, 3.8) is 0 Å². The summed E-state index contributed by atoms with van der Waals surface area (Å²) in [4.78, 5) is 11.6. The van der Waals surface area contributed by atoms with Gasteiger partial charge < -0.3 is 15.4 Å². The van der Waals surface area contributed by atoms with Gasteiger partial charge in [-0.25, -0.2) is 9.98 Å². The number of likely N-dealkylation sites (N-methyl/N-ethyl adjacent to an activating group) is 1. The Bertz CT molecular complexity index is 529. The summed E-state index contributed by atoms with van der Waals surface area (Å²) in [6.07, 6.45) is 4.53. The van der Waals surface area contributed by atoms with Gasteiger partial charge in [0, 0.05) is 31.4 Å². The van der Waals surface area contributed by atoms with E-state index in [1.165, 1.54) is 19.4 Å². The second kappa shape index (κ2) is 10.2. The number of nitrogens with zero attached hydrogens (tertiary/aromatic N) is 3. The van der Waals surface area contributed by atoms with Crippen molar-refractivity contribution >= 4 is 5.96 Å². The fourth-order valence-corrected chi connectivity index (χ4v) is 3.08. The Balaban J connectivity index is 1.88. The van der Waals surface area contributed by atoms with E-state index in [2.05, 4.69) is 39.4 Å². The Morgan fingerprint density at radius 1 is 1.36 bits per heavy atom. The van der Waals surface area contributed by atoms with Gasteiger partial charge in [-0.15, -0.1) is 0 Å². The van der Waals surface area contributed by atoms with Gasteiger partial charge in [-0.2, -0.15) is 0 Å². The van der Waals surface area contributed by atoms with Crippen LogP contribution in [-0.2, 0) is 6.54 Å². The minimum absolute atomic E-state index is 0.138. The Labute approximate surface area is 152 Å². The van der Waals surface area contributed by atoms with Crippen molar-refractivity contribution in [3.8, 4) is 5.88 Å². The number of rotatable bonds is 8. The second-order valence-corrected chi connectivity index (χ2v) is 6.67. The Morgan fingerprint density at radius 3 is 2.84 bits per heavy atom. The van der Waals surface area contributed by atoms with Crippen LogP contribution in [0, 0.1) is 0 Å². The average Bonchev–Trinajstić information content (AvgIpc) is 3.05. The van der Waals surface area contributed by atoms with Crippen LogP contribution in [-0.4, -0.2) is 54.2 Å². The summed E-state index contributed by atoms with van der Waals surface area (Å²) in [5.41, 5.74) is 1.07. The number of hydrogen-bond acceptors (Lipinski definition) is 4. The summed E-state index contributed by atoms with van der Waals surface area (Å²) in [6, 6.07) is 4.54. The molecule has 0 saturated carbocycles. The summed E-state index contributed by atoms with van der Waals surface area (Å²) >= 11 is 0. The number of guanidine groups is 1. The van der Waals surface area contributed by atoms with E-state index in [0.717, 1.165) is 31.2 Å². The third-order valence-corrected chi connectivity index (χ3v) is 4.33. The Morgan fingerprint density at radius 2 is 2.20 bits per heavy atom. The van der Waals surface area contributed by atoms with Crippen molar-refractivity contribution < 1.29 is 4.74 Å². The highest BCUT2D eigenvalue weighted by molar-refractivity contribution is 5.79. The largest absolute Gasteiger partial charge is 0.475 e. The molecule has 25 heavy (non-hydrogen) atoms.